The average molecular weight is 294 g/mol. The van der Waals surface area contributed by atoms with Crippen molar-refractivity contribution >= 4 is 17.1 Å². The minimum Gasteiger partial charge on any atom is -0.469 e. The van der Waals surface area contributed by atoms with E-state index in [-0.39, 0.29) is 5.92 Å². The third-order valence-electron chi connectivity index (χ3n) is 3.52. The van der Waals surface area contributed by atoms with Crippen LogP contribution in [0.4, 0.5) is 6.01 Å². The number of anilines is 1. The van der Waals surface area contributed by atoms with Crippen LogP contribution in [0.2, 0.25) is 0 Å². The van der Waals surface area contributed by atoms with Crippen LogP contribution in [0.3, 0.4) is 0 Å². The van der Waals surface area contributed by atoms with Crippen molar-refractivity contribution in [2.45, 2.75) is 5.92 Å². The standard InChI is InChI=1S/C17H14N2O3/c1-2-6-16-13(5-1)19-17(22-16)18-11-12(14-7-3-9-20-14)15-8-4-10-21-15/h1-10,12H,11H2,(H,18,19). The molecule has 0 spiro atoms. The number of hydrogen-bond donors (Lipinski definition) is 1. The summed E-state index contributed by atoms with van der Waals surface area (Å²) in [5.74, 6) is 1.62. The van der Waals surface area contributed by atoms with Gasteiger partial charge in [-0.3, -0.25) is 0 Å². The van der Waals surface area contributed by atoms with Crippen LogP contribution < -0.4 is 5.32 Å². The summed E-state index contributed by atoms with van der Waals surface area (Å²) in [6.45, 7) is 0.563. The van der Waals surface area contributed by atoms with E-state index in [0.29, 0.717) is 12.6 Å². The summed E-state index contributed by atoms with van der Waals surface area (Å²) in [6.07, 6.45) is 3.31. The van der Waals surface area contributed by atoms with Gasteiger partial charge in [0.1, 0.15) is 17.0 Å². The van der Waals surface area contributed by atoms with Crippen LogP contribution in [0.15, 0.2) is 74.3 Å². The molecule has 1 aromatic carbocycles. The molecule has 3 aromatic heterocycles. The molecule has 0 bridgehead atoms. The molecule has 0 atom stereocenters. The molecule has 0 saturated carbocycles. The zero-order valence-electron chi connectivity index (χ0n) is 11.7. The van der Waals surface area contributed by atoms with Crippen molar-refractivity contribution in [2.24, 2.45) is 0 Å². The van der Waals surface area contributed by atoms with E-state index in [1.165, 1.54) is 0 Å². The SMILES string of the molecule is c1coc(C(CNc2nc3ccccc3o2)c2ccco2)c1. The number of para-hydroxylation sites is 2. The predicted molar refractivity (Wildman–Crippen MR) is 81.8 cm³/mol. The van der Waals surface area contributed by atoms with Gasteiger partial charge in [-0.2, -0.15) is 4.98 Å². The first-order valence-electron chi connectivity index (χ1n) is 7.06. The van der Waals surface area contributed by atoms with E-state index >= 15 is 0 Å². The van der Waals surface area contributed by atoms with Crippen LogP contribution in [0.1, 0.15) is 17.4 Å². The fourth-order valence-corrected chi connectivity index (χ4v) is 2.46. The second-order valence-corrected chi connectivity index (χ2v) is 4.95. The quantitative estimate of drug-likeness (QED) is 0.596. The van der Waals surface area contributed by atoms with Crippen LogP contribution in [0.25, 0.3) is 11.1 Å². The van der Waals surface area contributed by atoms with Gasteiger partial charge >= 0.3 is 0 Å². The minimum atomic E-state index is -0.0417. The highest BCUT2D eigenvalue weighted by molar-refractivity contribution is 5.74. The van der Waals surface area contributed by atoms with E-state index < -0.39 is 0 Å². The maximum Gasteiger partial charge on any atom is 0.295 e. The maximum absolute atomic E-state index is 5.67. The molecule has 110 valence electrons. The van der Waals surface area contributed by atoms with Crippen molar-refractivity contribution in [3.8, 4) is 0 Å². The lowest BCUT2D eigenvalue weighted by Crippen LogP contribution is -2.13. The van der Waals surface area contributed by atoms with E-state index in [0.717, 1.165) is 22.6 Å². The summed E-state index contributed by atoms with van der Waals surface area (Å²) < 4.78 is 16.7. The van der Waals surface area contributed by atoms with Crippen molar-refractivity contribution in [1.82, 2.24) is 4.98 Å². The summed E-state index contributed by atoms with van der Waals surface area (Å²) in [5, 5.41) is 3.21. The summed E-state index contributed by atoms with van der Waals surface area (Å²) in [5.41, 5.74) is 1.59. The number of benzene rings is 1. The van der Waals surface area contributed by atoms with Crippen molar-refractivity contribution in [2.75, 3.05) is 11.9 Å². The highest BCUT2D eigenvalue weighted by atomic mass is 16.4. The van der Waals surface area contributed by atoms with Crippen LogP contribution in [-0.4, -0.2) is 11.5 Å². The average Bonchev–Trinajstić information content (AvgIpc) is 3.29. The van der Waals surface area contributed by atoms with E-state index in [1.807, 2.05) is 48.5 Å². The number of aromatic nitrogens is 1. The third-order valence-corrected chi connectivity index (χ3v) is 3.52. The smallest absolute Gasteiger partial charge is 0.295 e. The summed E-state index contributed by atoms with van der Waals surface area (Å²) in [4.78, 5) is 4.41. The Bertz CT molecular complexity index is 780. The molecule has 0 aliphatic carbocycles. The topological polar surface area (TPSA) is 64.3 Å². The van der Waals surface area contributed by atoms with Gasteiger partial charge in [-0.1, -0.05) is 12.1 Å². The van der Waals surface area contributed by atoms with Crippen LogP contribution in [0, 0.1) is 0 Å². The molecule has 5 heteroatoms. The Kier molecular flexibility index (Phi) is 3.16. The molecular formula is C17H14N2O3. The first-order chi connectivity index (χ1) is 10.9. The summed E-state index contributed by atoms with van der Waals surface area (Å²) >= 11 is 0. The summed E-state index contributed by atoms with van der Waals surface area (Å²) in [6, 6.07) is 15.8. The third kappa shape index (κ3) is 2.37. The Hall–Kier alpha value is -2.95. The molecule has 4 aromatic rings. The van der Waals surface area contributed by atoms with Crippen LogP contribution in [-0.2, 0) is 0 Å². The Morgan fingerprint density at radius 3 is 2.27 bits per heavy atom. The number of oxazole rings is 1. The van der Waals surface area contributed by atoms with Crippen molar-refractivity contribution in [1.29, 1.82) is 0 Å². The van der Waals surface area contributed by atoms with Crippen molar-refractivity contribution in [3.63, 3.8) is 0 Å². The normalized spacial score (nSPS) is 11.3. The lowest BCUT2D eigenvalue weighted by Gasteiger charge is -2.12. The molecule has 1 N–H and O–H groups in total. The molecule has 5 nitrogen and oxygen atoms in total. The van der Waals surface area contributed by atoms with Gasteiger partial charge in [0.05, 0.1) is 18.4 Å². The maximum atomic E-state index is 5.67. The van der Waals surface area contributed by atoms with Gasteiger partial charge in [0.15, 0.2) is 5.58 Å². The van der Waals surface area contributed by atoms with Gasteiger partial charge in [-0.05, 0) is 36.4 Å². The number of nitrogens with one attached hydrogen (secondary N) is 1. The number of fused-ring (bicyclic) bond motifs is 1. The lowest BCUT2D eigenvalue weighted by molar-refractivity contribution is 0.432. The Labute approximate surface area is 126 Å². The monoisotopic (exact) mass is 294 g/mol. The van der Waals surface area contributed by atoms with Crippen LogP contribution >= 0.6 is 0 Å². The zero-order chi connectivity index (χ0) is 14.8. The van der Waals surface area contributed by atoms with E-state index in [2.05, 4.69) is 10.3 Å². The van der Waals surface area contributed by atoms with E-state index in [4.69, 9.17) is 13.3 Å². The molecule has 0 unspecified atom stereocenters. The van der Waals surface area contributed by atoms with Gasteiger partial charge in [-0.25, -0.2) is 0 Å². The number of rotatable bonds is 5. The molecule has 4 rings (SSSR count). The zero-order valence-corrected chi connectivity index (χ0v) is 11.7. The molecule has 0 saturated heterocycles. The van der Waals surface area contributed by atoms with Gasteiger partial charge < -0.3 is 18.6 Å². The number of nitrogens with zero attached hydrogens (tertiary/aromatic N) is 1. The molecule has 22 heavy (non-hydrogen) atoms. The van der Waals surface area contributed by atoms with E-state index in [9.17, 15) is 0 Å². The molecule has 3 heterocycles. The number of hydrogen-bond acceptors (Lipinski definition) is 5. The first-order valence-corrected chi connectivity index (χ1v) is 7.06. The van der Waals surface area contributed by atoms with E-state index in [1.54, 1.807) is 12.5 Å². The largest absolute Gasteiger partial charge is 0.469 e. The minimum absolute atomic E-state index is 0.0417. The highest BCUT2D eigenvalue weighted by Gasteiger charge is 2.20. The molecule has 0 fully saturated rings. The molecule has 0 aliphatic rings. The molecule has 0 amide bonds. The fraction of sp³-hybridized carbons (Fsp3) is 0.118. The van der Waals surface area contributed by atoms with Gasteiger partial charge in [0, 0.05) is 6.54 Å². The highest BCUT2D eigenvalue weighted by Crippen LogP contribution is 2.26. The van der Waals surface area contributed by atoms with Crippen molar-refractivity contribution in [3.05, 3.63) is 72.6 Å². The lowest BCUT2D eigenvalue weighted by atomic mass is 10.0. The second kappa shape index (κ2) is 5.44. The number of furan rings is 2. The van der Waals surface area contributed by atoms with Gasteiger partial charge in [0.2, 0.25) is 0 Å². The molecular weight excluding hydrogens is 280 g/mol. The Morgan fingerprint density at radius 1 is 0.909 bits per heavy atom. The predicted octanol–water partition coefficient (Wildman–Crippen LogP) is 4.26. The first kappa shape index (κ1) is 12.8. The molecule has 0 aliphatic heterocycles. The summed E-state index contributed by atoms with van der Waals surface area (Å²) in [7, 11) is 0. The van der Waals surface area contributed by atoms with Crippen LogP contribution in [0.5, 0.6) is 0 Å². The molecule has 0 radical (unpaired) electrons. The second-order valence-electron chi connectivity index (χ2n) is 4.95. The van der Waals surface area contributed by atoms with Gasteiger partial charge in [-0.15, -0.1) is 0 Å². The van der Waals surface area contributed by atoms with Crippen molar-refractivity contribution < 1.29 is 13.3 Å². The Morgan fingerprint density at radius 2 is 1.64 bits per heavy atom. The van der Waals surface area contributed by atoms with Gasteiger partial charge in [0.25, 0.3) is 6.01 Å². The Balaban J connectivity index is 1.57. The fourth-order valence-electron chi connectivity index (χ4n) is 2.46.